The number of anilines is 1. The van der Waals surface area contributed by atoms with Gasteiger partial charge in [-0.25, -0.2) is 0 Å². The van der Waals surface area contributed by atoms with Crippen LogP contribution >= 0.6 is 0 Å². The predicted molar refractivity (Wildman–Crippen MR) is 74.8 cm³/mol. The fraction of sp³-hybridized carbons (Fsp3) is 0.571. The second-order valence-corrected chi connectivity index (χ2v) is 5.68. The first-order chi connectivity index (χ1) is 8.33. The van der Waals surface area contributed by atoms with Crippen molar-refractivity contribution >= 4 is 11.6 Å². The summed E-state index contributed by atoms with van der Waals surface area (Å²) in [5, 5.41) is 3.18. The summed E-state index contributed by atoms with van der Waals surface area (Å²) in [4.78, 5) is 18.1. The molecule has 4 heteroatoms. The van der Waals surface area contributed by atoms with Crippen molar-refractivity contribution in [2.45, 2.75) is 27.7 Å². The van der Waals surface area contributed by atoms with Crippen LogP contribution in [0.15, 0.2) is 18.3 Å². The minimum Gasteiger partial charge on any atom is -0.385 e. The summed E-state index contributed by atoms with van der Waals surface area (Å²) in [7, 11) is 1.81. The summed E-state index contributed by atoms with van der Waals surface area (Å²) in [6.07, 6.45) is 1.66. The number of aromatic nitrogens is 1. The topological polar surface area (TPSA) is 45.2 Å². The molecule has 0 bridgehead atoms. The van der Waals surface area contributed by atoms with Gasteiger partial charge in [0.25, 0.3) is 5.91 Å². The van der Waals surface area contributed by atoms with Gasteiger partial charge in [-0.05, 0) is 24.5 Å². The average molecular weight is 249 g/mol. The van der Waals surface area contributed by atoms with Crippen LogP contribution in [0.5, 0.6) is 0 Å². The van der Waals surface area contributed by atoms with E-state index < -0.39 is 0 Å². The first-order valence-corrected chi connectivity index (χ1v) is 6.29. The Bertz CT molecular complexity index is 410. The van der Waals surface area contributed by atoms with E-state index in [2.05, 4.69) is 31.1 Å². The van der Waals surface area contributed by atoms with Gasteiger partial charge >= 0.3 is 0 Å². The van der Waals surface area contributed by atoms with E-state index in [0.29, 0.717) is 12.2 Å². The van der Waals surface area contributed by atoms with Crippen LogP contribution in [0.3, 0.4) is 0 Å². The van der Waals surface area contributed by atoms with Crippen LogP contribution < -0.4 is 5.32 Å². The van der Waals surface area contributed by atoms with Gasteiger partial charge in [0.05, 0.1) is 0 Å². The summed E-state index contributed by atoms with van der Waals surface area (Å²) in [5.74, 6) is -0.0373. The lowest BCUT2D eigenvalue weighted by Gasteiger charge is -2.26. The normalized spacial score (nSPS) is 11.2. The van der Waals surface area contributed by atoms with E-state index >= 15 is 0 Å². The number of nitrogens with one attached hydrogen (secondary N) is 1. The van der Waals surface area contributed by atoms with Crippen molar-refractivity contribution in [2.75, 3.05) is 25.5 Å². The van der Waals surface area contributed by atoms with Crippen LogP contribution in [0.1, 0.15) is 38.2 Å². The predicted octanol–water partition coefficient (Wildman–Crippen LogP) is 2.63. The molecule has 1 rings (SSSR count). The number of carbonyl (C=O) groups is 1. The summed E-state index contributed by atoms with van der Waals surface area (Å²) in [6, 6.07) is 3.66. The molecule has 4 nitrogen and oxygen atoms in total. The molecule has 0 aromatic carbocycles. The third-order valence-electron chi connectivity index (χ3n) is 2.42. The summed E-state index contributed by atoms with van der Waals surface area (Å²) >= 11 is 0. The minimum absolute atomic E-state index is 0.0373. The first-order valence-electron chi connectivity index (χ1n) is 6.29. The van der Waals surface area contributed by atoms with Gasteiger partial charge in [-0.15, -0.1) is 0 Å². The van der Waals surface area contributed by atoms with Gasteiger partial charge in [-0.2, -0.15) is 0 Å². The molecule has 18 heavy (non-hydrogen) atoms. The number of nitrogens with zero attached hydrogens (tertiary/aromatic N) is 2. The Morgan fingerprint density at radius 3 is 2.67 bits per heavy atom. The Labute approximate surface area is 109 Å². The Hall–Kier alpha value is -1.58. The number of pyridine rings is 1. The molecular weight excluding hydrogens is 226 g/mol. The Balaban J connectivity index is 2.80. The number of carbonyl (C=O) groups excluding carboxylic acids is 1. The Morgan fingerprint density at radius 2 is 2.11 bits per heavy atom. The van der Waals surface area contributed by atoms with Gasteiger partial charge in [0.2, 0.25) is 0 Å². The highest BCUT2D eigenvalue weighted by molar-refractivity contribution is 5.93. The maximum atomic E-state index is 12.2. The molecule has 0 radical (unpaired) electrons. The first kappa shape index (κ1) is 14.5. The van der Waals surface area contributed by atoms with Crippen molar-refractivity contribution in [2.24, 2.45) is 5.41 Å². The van der Waals surface area contributed by atoms with Gasteiger partial charge in [0.1, 0.15) is 5.69 Å². The zero-order valence-corrected chi connectivity index (χ0v) is 11.9. The van der Waals surface area contributed by atoms with E-state index in [4.69, 9.17) is 0 Å². The molecule has 0 saturated heterocycles. The van der Waals surface area contributed by atoms with Crippen LogP contribution in [0.2, 0.25) is 0 Å². The van der Waals surface area contributed by atoms with Gasteiger partial charge in [0, 0.05) is 32.0 Å². The largest absolute Gasteiger partial charge is 0.385 e. The van der Waals surface area contributed by atoms with E-state index in [1.807, 2.05) is 20.0 Å². The number of rotatable bonds is 4. The highest BCUT2D eigenvalue weighted by atomic mass is 16.2. The highest BCUT2D eigenvalue weighted by Crippen LogP contribution is 2.16. The van der Waals surface area contributed by atoms with E-state index in [-0.39, 0.29) is 11.3 Å². The molecule has 0 aliphatic rings. The summed E-state index contributed by atoms with van der Waals surface area (Å²) < 4.78 is 0. The third kappa shape index (κ3) is 4.35. The van der Waals surface area contributed by atoms with Crippen LogP contribution in [0, 0.1) is 5.41 Å². The van der Waals surface area contributed by atoms with Crippen LogP contribution in [0.25, 0.3) is 0 Å². The third-order valence-corrected chi connectivity index (χ3v) is 2.42. The maximum absolute atomic E-state index is 12.2. The Kier molecular flexibility index (Phi) is 4.70. The molecule has 0 unspecified atom stereocenters. The lowest BCUT2D eigenvalue weighted by Crippen LogP contribution is -2.34. The standard InChI is InChI=1S/C14H23N3O/c1-6-15-11-7-8-16-12(9-11)13(18)17(5)10-14(2,3)4/h7-9H,6,10H2,1-5H3,(H,15,16). The second kappa shape index (κ2) is 5.85. The molecule has 0 spiro atoms. The van der Waals surface area contributed by atoms with Crippen molar-refractivity contribution < 1.29 is 4.79 Å². The van der Waals surface area contributed by atoms with Gasteiger partial charge in [-0.1, -0.05) is 20.8 Å². The lowest BCUT2D eigenvalue weighted by molar-refractivity contribution is 0.0740. The van der Waals surface area contributed by atoms with Crippen molar-refractivity contribution in [3.05, 3.63) is 24.0 Å². The molecule has 0 saturated carbocycles. The zero-order chi connectivity index (χ0) is 13.8. The molecule has 1 aromatic rings. The zero-order valence-electron chi connectivity index (χ0n) is 11.9. The summed E-state index contributed by atoms with van der Waals surface area (Å²) in [6.45, 7) is 9.89. The molecule has 1 heterocycles. The van der Waals surface area contributed by atoms with Crippen molar-refractivity contribution in [1.29, 1.82) is 0 Å². The number of hydrogen-bond acceptors (Lipinski definition) is 3. The molecule has 0 atom stereocenters. The molecule has 1 N–H and O–H groups in total. The van der Waals surface area contributed by atoms with Gasteiger partial charge < -0.3 is 10.2 Å². The summed E-state index contributed by atoms with van der Waals surface area (Å²) in [5.41, 5.74) is 1.50. The smallest absolute Gasteiger partial charge is 0.272 e. The van der Waals surface area contributed by atoms with E-state index in [0.717, 1.165) is 12.2 Å². The van der Waals surface area contributed by atoms with E-state index in [1.54, 1.807) is 17.2 Å². The SMILES string of the molecule is CCNc1ccnc(C(=O)N(C)CC(C)(C)C)c1. The maximum Gasteiger partial charge on any atom is 0.272 e. The van der Waals surface area contributed by atoms with Crippen molar-refractivity contribution in [3.8, 4) is 0 Å². The number of hydrogen-bond donors (Lipinski definition) is 1. The van der Waals surface area contributed by atoms with Crippen LogP contribution in [-0.4, -0.2) is 35.9 Å². The average Bonchev–Trinajstić information content (AvgIpc) is 2.26. The highest BCUT2D eigenvalue weighted by Gasteiger charge is 2.19. The molecular formula is C14H23N3O. The molecule has 100 valence electrons. The van der Waals surface area contributed by atoms with Crippen LogP contribution in [0.4, 0.5) is 5.69 Å². The molecule has 0 fully saturated rings. The van der Waals surface area contributed by atoms with Gasteiger partial charge in [-0.3, -0.25) is 9.78 Å². The second-order valence-electron chi connectivity index (χ2n) is 5.68. The van der Waals surface area contributed by atoms with Crippen LogP contribution in [-0.2, 0) is 0 Å². The fourth-order valence-electron chi connectivity index (χ4n) is 1.84. The van der Waals surface area contributed by atoms with E-state index in [9.17, 15) is 4.79 Å². The molecule has 0 aliphatic carbocycles. The minimum atomic E-state index is -0.0373. The van der Waals surface area contributed by atoms with E-state index in [1.165, 1.54) is 0 Å². The molecule has 0 aliphatic heterocycles. The van der Waals surface area contributed by atoms with Gasteiger partial charge in [0.15, 0.2) is 0 Å². The quantitative estimate of drug-likeness (QED) is 0.892. The van der Waals surface area contributed by atoms with Crippen molar-refractivity contribution in [1.82, 2.24) is 9.88 Å². The number of amides is 1. The Morgan fingerprint density at radius 1 is 1.44 bits per heavy atom. The lowest BCUT2D eigenvalue weighted by atomic mass is 9.96. The fourth-order valence-corrected chi connectivity index (χ4v) is 1.84. The molecule has 1 aromatic heterocycles. The van der Waals surface area contributed by atoms with Crippen molar-refractivity contribution in [3.63, 3.8) is 0 Å². The monoisotopic (exact) mass is 249 g/mol. The molecule has 1 amide bonds.